The van der Waals surface area contributed by atoms with Gasteiger partial charge in [0.25, 0.3) is 0 Å². The molecule has 0 spiro atoms. The number of rotatable bonds is 5. The summed E-state index contributed by atoms with van der Waals surface area (Å²) in [5.74, 6) is -0.115. The van der Waals surface area contributed by atoms with Crippen molar-refractivity contribution < 1.29 is 9.59 Å². The Morgan fingerprint density at radius 1 is 1.08 bits per heavy atom. The standard InChI is InChI=1S/C18H19N5O2/c1-19-17(24)10-11-20-18(25)22-14-6-8-15(9-7-14)23-16-5-3-2-4-13(16)12-21-23/h2-9,12H,10-11H2,1H3,(H,19,24)(H2,20,22,25). The van der Waals surface area contributed by atoms with Crippen LogP contribution in [-0.4, -0.2) is 35.3 Å². The predicted octanol–water partition coefficient (Wildman–Crippen LogP) is 2.28. The maximum absolute atomic E-state index is 11.8. The van der Waals surface area contributed by atoms with E-state index in [1.165, 1.54) is 0 Å². The summed E-state index contributed by atoms with van der Waals surface area (Å²) in [6, 6.07) is 15.0. The minimum Gasteiger partial charge on any atom is -0.359 e. The van der Waals surface area contributed by atoms with Gasteiger partial charge < -0.3 is 16.0 Å². The molecule has 1 heterocycles. The van der Waals surface area contributed by atoms with Gasteiger partial charge in [-0.3, -0.25) is 4.79 Å². The Hall–Kier alpha value is -3.35. The second-order valence-electron chi connectivity index (χ2n) is 5.47. The Bertz CT molecular complexity index is 886. The maximum Gasteiger partial charge on any atom is 0.319 e. The first-order chi connectivity index (χ1) is 12.2. The quantitative estimate of drug-likeness (QED) is 0.667. The van der Waals surface area contributed by atoms with Crippen molar-refractivity contribution in [3.05, 3.63) is 54.7 Å². The Balaban J connectivity index is 1.62. The van der Waals surface area contributed by atoms with Crippen molar-refractivity contribution in [3.63, 3.8) is 0 Å². The van der Waals surface area contributed by atoms with Gasteiger partial charge in [-0.25, -0.2) is 9.48 Å². The van der Waals surface area contributed by atoms with E-state index >= 15 is 0 Å². The molecule has 3 N–H and O–H groups in total. The summed E-state index contributed by atoms with van der Waals surface area (Å²) in [7, 11) is 1.56. The molecular formula is C18H19N5O2. The average Bonchev–Trinajstić information content (AvgIpc) is 3.06. The van der Waals surface area contributed by atoms with Crippen LogP contribution in [0.2, 0.25) is 0 Å². The van der Waals surface area contributed by atoms with Crippen molar-refractivity contribution in [2.75, 3.05) is 18.9 Å². The van der Waals surface area contributed by atoms with Gasteiger partial charge in [-0.15, -0.1) is 0 Å². The molecule has 0 unspecified atom stereocenters. The van der Waals surface area contributed by atoms with E-state index in [1.54, 1.807) is 7.05 Å². The molecule has 0 bridgehead atoms. The number of hydrogen-bond acceptors (Lipinski definition) is 3. The Morgan fingerprint density at radius 3 is 2.60 bits per heavy atom. The molecule has 0 aliphatic heterocycles. The number of fused-ring (bicyclic) bond motifs is 1. The van der Waals surface area contributed by atoms with Crippen molar-refractivity contribution in [3.8, 4) is 5.69 Å². The topological polar surface area (TPSA) is 88.0 Å². The summed E-state index contributed by atoms with van der Waals surface area (Å²) in [4.78, 5) is 22.9. The molecule has 3 rings (SSSR count). The average molecular weight is 337 g/mol. The number of anilines is 1. The van der Waals surface area contributed by atoms with Crippen molar-refractivity contribution in [2.45, 2.75) is 6.42 Å². The van der Waals surface area contributed by atoms with E-state index in [1.807, 2.05) is 59.4 Å². The van der Waals surface area contributed by atoms with Crippen LogP contribution in [-0.2, 0) is 4.79 Å². The molecule has 7 nitrogen and oxygen atoms in total. The summed E-state index contributed by atoms with van der Waals surface area (Å²) in [6.45, 7) is 0.281. The number of hydrogen-bond donors (Lipinski definition) is 3. The highest BCUT2D eigenvalue weighted by Gasteiger charge is 2.06. The van der Waals surface area contributed by atoms with Crippen LogP contribution < -0.4 is 16.0 Å². The molecule has 0 atom stereocenters. The fraction of sp³-hybridized carbons (Fsp3) is 0.167. The number of urea groups is 1. The highest BCUT2D eigenvalue weighted by molar-refractivity contribution is 5.89. The molecule has 0 fully saturated rings. The molecule has 3 amide bonds. The second kappa shape index (κ2) is 7.48. The van der Waals surface area contributed by atoms with E-state index in [2.05, 4.69) is 21.0 Å². The number of para-hydroxylation sites is 1. The van der Waals surface area contributed by atoms with Crippen LogP contribution >= 0.6 is 0 Å². The molecule has 0 saturated heterocycles. The number of benzene rings is 2. The second-order valence-corrected chi connectivity index (χ2v) is 5.47. The van der Waals surface area contributed by atoms with E-state index in [0.29, 0.717) is 5.69 Å². The zero-order chi connectivity index (χ0) is 17.6. The van der Waals surface area contributed by atoms with Crippen LogP contribution in [0.5, 0.6) is 0 Å². The van der Waals surface area contributed by atoms with Crippen LogP contribution in [0, 0.1) is 0 Å². The Labute approximate surface area is 145 Å². The predicted molar refractivity (Wildman–Crippen MR) is 96.8 cm³/mol. The molecule has 0 aliphatic rings. The summed E-state index contributed by atoms with van der Waals surface area (Å²) in [5, 5.41) is 13.3. The SMILES string of the molecule is CNC(=O)CCNC(=O)Nc1ccc(-n2ncc3ccccc32)cc1. The zero-order valence-electron chi connectivity index (χ0n) is 13.8. The van der Waals surface area contributed by atoms with Crippen LogP contribution in [0.1, 0.15) is 6.42 Å². The van der Waals surface area contributed by atoms with Gasteiger partial charge in [-0.05, 0) is 30.3 Å². The fourth-order valence-electron chi connectivity index (χ4n) is 2.45. The molecular weight excluding hydrogens is 318 g/mol. The fourth-order valence-corrected chi connectivity index (χ4v) is 2.45. The molecule has 0 radical (unpaired) electrons. The van der Waals surface area contributed by atoms with Crippen LogP contribution in [0.3, 0.4) is 0 Å². The van der Waals surface area contributed by atoms with Gasteiger partial charge in [-0.2, -0.15) is 5.10 Å². The van der Waals surface area contributed by atoms with E-state index in [9.17, 15) is 9.59 Å². The van der Waals surface area contributed by atoms with E-state index < -0.39 is 0 Å². The molecule has 3 aromatic rings. The maximum atomic E-state index is 11.8. The molecule has 1 aromatic heterocycles. The van der Waals surface area contributed by atoms with Gasteiger partial charge in [0, 0.05) is 31.1 Å². The highest BCUT2D eigenvalue weighted by Crippen LogP contribution is 2.19. The third kappa shape index (κ3) is 3.95. The molecule has 2 aromatic carbocycles. The number of carbonyl (C=O) groups is 2. The van der Waals surface area contributed by atoms with Gasteiger partial charge in [0.1, 0.15) is 0 Å². The normalized spacial score (nSPS) is 10.4. The van der Waals surface area contributed by atoms with Crippen molar-refractivity contribution in [1.29, 1.82) is 0 Å². The van der Waals surface area contributed by atoms with Gasteiger partial charge in [0.15, 0.2) is 0 Å². The van der Waals surface area contributed by atoms with Crippen molar-refractivity contribution in [1.82, 2.24) is 20.4 Å². The van der Waals surface area contributed by atoms with Gasteiger partial charge >= 0.3 is 6.03 Å². The third-order valence-electron chi connectivity index (χ3n) is 3.76. The largest absolute Gasteiger partial charge is 0.359 e. The number of nitrogens with zero attached hydrogens (tertiary/aromatic N) is 2. The first-order valence-corrected chi connectivity index (χ1v) is 7.96. The lowest BCUT2D eigenvalue weighted by atomic mass is 10.2. The van der Waals surface area contributed by atoms with E-state index in [0.717, 1.165) is 16.6 Å². The third-order valence-corrected chi connectivity index (χ3v) is 3.76. The molecule has 128 valence electrons. The summed E-state index contributed by atoms with van der Waals surface area (Å²) >= 11 is 0. The minimum absolute atomic E-state index is 0.115. The van der Waals surface area contributed by atoms with Crippen LogP contribution in [0.4, 0.5) is 10.5 Å². The zero-order valence-corrected chi connectivity index (χ0v) is 13.8. The smallest absolute Gasteiger partial charge is 0.319 e. The van der Waals surface area contributed by atoms with Crippen LogP contribution in [0.15, 0.2) is 54.7 Å². The molecule has 25 heavy (non-hydrogen) atoms. The Kier molecular flexibility index (Phi) is 4.94. The Morgan fingerprint density at radius 2 is 1.84 bits per heavy atom. The van der Waals surface area contributed by atoms with Gasteiger partial charge in [0.05, 0.1) is 17.4 Å². The molecule has 0 aliphatic carbocycles. The minimum atomic E-state index is -0.346. The summed E-state index contributed by atoms with van der Waals surface area (Å²) in [6.07, 6.45) is 2.07. The lowest BCUT2D eigenvalue weighted by Gasteiger charge is -2.09. The molecule has 7 heteroatoms. The molecule has 0 saturated carbocycles. The highest BCUT2D eigenvalue weighted by atomic mass is 16.2. The first kappa shape index (κ1) is 16.5. The number of aromatic nitrogens is 2. The van der Waals surface area contributed by atoms with Gasteiger partial charge in [0.2, 0.25) is 5.91 Å². The number of amides is 3. The summed E-state index contributed by atoms with van der Waals surface area (Å²) < 4.78 is 1.85. The summed E-state index contributed by atoms with van der Waals surface area (Å²) in [5.41, 5.74) is 2.60. The van der Waals surface area contributed by atoms with Crippen LogP contribution in [0.25, 0.3) is 16.6 Å². The van der Waals surface area contributed by atoms with Crippen molar-refractivity contribution >= 4 is 28.5 Å². The van der Waals surface area contributed by atoms with Gasteiger partial charge in [-0.1, -0.05) is 18.2 Å². The van der Waals surface area contributed by atoms with Crippen molar-refractivity contribution in [2.24, 2.45) is 0 Å². The van der Waals surface area contributed by atoms with E-state index in [4.69, 9.17) is 0 Å². The first-order valence-electron chi connectivity index (χ1n) is 7.96. The number of carbonyl (C=O) groups excluding carboxylic acids is 2. The van der Waals surface area contributed by atoms with E-state index in [-0.39, 0.29) is 24.9 Å². The monoisotopic (exact) mass is 337 g/mol. The number of nitrogens with one attached hydrogen (secondary N) is 3. The lowest BCUT2D eigenvalue weighted by Crippen LogP contribution is -2.32. The lowest BCUT2D eigenvalue weighted by molar-refractivity contribution is -0.120.